The molecular formula is C19H22N2O3. The molecule has 4 aliphatic rings. The van der Waals surface area contributed by atoms with Crippen LogP contribution in [-0.4, -0.2) is 39.6 Å². The molecule has 5 nitrogen and oxygen atoms in total. The quantitative estimate of drug-likeness (QED) is 0.860. The van der Waals surface area contributed by atoms with Crippen molar-refractivity contribution in [1.29, 1.82) is 0 Å². The number of hydrogen-bond acceptors (Lipinski definition) is 4. The summed E-state index contributed by atoms with van der Waals surface area (Å²) in [6.07, 6.45) is 4.11. The lowest BCUT2D eigenvalue weighted by Gasteiger charge is -2.69. The SMILES string of the molecule is CC[C@]12CCCN3C(=O)C[C@](O)(CC1)N1c4ccccc4C(=O)[C@@]312. The third-order valence-electron chi connectivity index (χ3n) is 7.03. The zero-order chi connectivity index (χ0) is 16.7. The van der Waals surface area contributed by atoms with Crippen molar-refractivity contribution in [1.82, 2.24) is 4.90 Å². The highest BCUT2D eigenvalue weighted by molar-refractivity contribution is 6.17. The smallest absolute Gasteiger partial charge is 0.229 e. The van der Waals surface area contributed by atoms with Gasteiger partial charge in [0, 0.05) is 17.5 Å². The molecule has 24 heavy (non-hydrogen) atoms. The van der Waals surface area contributed by atoms with Gasteiger partial charge < -0.3 is 14.9 Å². The topological polar surface area (TPSA) is 60.9 Å². The molecule has 126 valence electrons. The van der Waals surface area contributed by atoms with E-state index in [1.807, 2.05) is 29.2 Å². The number of Topliss-reactive ketones (excluding diaryl/α,β-unsaturated/α-hetero) is 1. The summed E-state index contributed by atoms with van der Waals surface area (Å²) in [6, 6.07) is 7.53. The molecule has 1 aromatic rings. The van der Waals surface area contributed by atoms with Crippen molar-refractivity contribution < 1.29 is 14.7 Å². The Hall–Kier alpha value is -1.88. The van der Waals surface area contributed by atoms with E-state index in [4.69, 9.17) is 0 Å². The Morgan fingerprint density at radius 2 is 1.96 bits per heavy atom. The van der Waals surface area contributed by atoms with Gasteiger partial charge in [0.05, 0.1) is 12.1 Å². The second kappa shape index (κ2) is 4.20. The summed E-state index contributed by atoms with van der Waals surface area (Å²) in [4.78, 5) is 30.3. The van der Waals surface area contributed by atoms with Gasteiger partial charge in [-0.1, -0.05) is 19.1 Å². The molecule has 2 bridgehead atoms. The molecule has 1 N–H and O–H groups in total. The van der Waals surface area contributed by atoms with Crippen molar-refractivity contribution in [3.8, 4) is 0 Å². The van der Waals surface area contributed by atoms with E-state index < -0.39 is 11.4 Å². The molecule has 1 spiro atoms. The molecule has 0 unspecified atom stereocenters. The molecule has 1 amide bonds. The van der Waals surface area contributed by atoms with E-state index in [9.17, 15) is 14.7 Å². The standard InChI is InChI=1S/C19H22N2O3/c1-2-17-8-5-11-20-15(22)12-18(24,10-9-17)21-14-7-4-3-6-13(14)16(23)19(17,20)21/h3-4,6-7,24H,2,5,8-12H2,1H3/t17-,18+,19+/m0/s1. The Balaban J connectivity index is 1.88. The van der Waals surface area contributed by atoms with Gasteiger partial charge in [-0.25, -0.2) is 0 Å². The Labute approximate surface area is 141 Å². The van der Waals surface area contributed by atoms with E-state index in [1.165, 1.54) is 0 Å². The fraction of sp³-hybridized carbons (Fsp3) is 0.579. The first kappa shape index (κ1) is 14.5. The first-order chi connectivity index (χ1) is 11.5. The number of amides is 1. The lowest BCUT2D eigenvalue weighted by atomic mass is 9.57. The number of carbonyl (C=O) groups excluding carboxylic acids is 2. The molecule has 0 aromatic heterocycles. The van der Waals surface area contributed by atoms with Crippen LogP contribution < -0.4 is 4.90 Å². The van der Waals surface area contributed by atoms with Crippen LogP contribution in [0.25, 0.3) is 0 Å². The molecule has 0 saturated carbocycles. The minimum absolute atomic E-state index is 0.00539. The number of aliphatic hydroxyl groups is 1. The molecule has 5 heteroatoms. The predicted octanol–water partition coefficient (Wildman–Crippen LogP) is 2.29. The Bertz CT molecular complexity index is 778. The fourth-order valence-electron chi connectivity index (χ4n) is 6.03. The van der Waals surface area contributed by atoms with Gasteiger partial charge in [0.15, 0.2) is 5.66 Å². The van der Waals surface area contributed by atoms with Crippen LogP contribution in [0, 0.1) is 5.41 Å². The second-order valence-electron chi connectivity index (χ2n) is 7.80. The van der Waals surface area contributed by atoms with Crippen LogP contribution in [0.5, 0.6) is 0 Å². The van der Waals surface area contributed by atoms with Crippen LogP contribution in [0.2, 0.25) is 0 Å². The van der Waals surface area contributed by atoms with Crippen LogP contribution in [-0.2, 0) is 4.79 Å². The average Bonchev–Trinajstić information content (AvgIpc) is 2.86. The van der Waals surface area contributed by atoms with Gasteiger partial charge in [0.25, 0.3) is 0 Å². The van der Waals surface area contributed by atoms with Crippen LogP contribution in [0.3, 0.4) is 0 Å². The van der Waals surface area contributed by atoms with Gasteiger partial charge in [-0.15, -0.1) is 0 Å². The lowest BCUT2D eigenvalue weighted by molar-refractivity contribution is -0.190. The third kappa shape index (κ3) is 1.27. The van der Waals surface area contributed by atoms with Gasteiger partial charge in [0.1, 0.15) is 5.72 Å². The normalized spacial score (nSPS) is 39.8. The highest BCUT2D eigenvalue weighted by Gasteiger charge is 2.76. The zero-order valence-electron chi connectivity index (χ0n) is 13.9. The molecule has 1 aromatic carbocycles. The number of ketones is 1. The van der Waals surface area contributed by atoms with Gasteiger partial charge in [-0.3, -0.25) is 9.59 Å². The monoisotopic (exact) mass is 326 g/mol. The van der Waals surface area contributed by atoms with Crippen LogP contribution in [0.15, 0.2) is 24.3 Å². The summed E-state index contributed by atoms with van der Waals surface area (Å²) in [5.74, 6) is -0.0713. The molecular weight excluding hydrogens is 304 g/mol. The molecule has 3 atom stereocenters. The maximum Gasteiger partial charge on any atom is 0.229 e. The second-order valence-corrected chi connectivity index (χ2v) is 7.80. The zero-order valence-corrected chi connectivity index (χ0v) is 13.9. The number of carbonyl (C=O) groups is 2. The summed E-state index contributed by atoms with van der Waals surface area (Å²) in [5, 5.41) is 11.4. The maximum atomic E-state index is 13.7. The van der Waals surface area contributed by atoms with E-state index in [0.717, 1.165) is 31.4 Å². The summed E-state index contributed by atoms with van der Waals surface area (Å²) in [5.41, 5.74) is -1.10. The molecule has 0 aliphatic carbocycles. The molecule has 3 saturated heterocycles. The van der Waals surface area contributed by atoms with Gasteiger partial charge in [-0.05, 0) is 44.2 Å². The highest BCUT2D eigenvalue weighted by Crippen LogP contribution is 2.65. The van der Waals surface area contributed by atoms with E-state index in [0.29, 0.717) is 18.5 Å². The molecule has 4 heterocycles. The number of benzene rings is 1. The first-order valence-corrected chi connectivity index (χ1v) is 8.97. The van der Waals surface area contributed by atoms with E-state index in [2.05, 4.69) is 6.92 Å². The number of piperidine rings is 2. The van der Waals surface area contributed by atoms with Crippen molar-refractivity contribution in [2.24, 2.45) is 5.41 Å². The predicted molar refractivity (Wildman–Crippen MR) is 88.5 cm³/mol. The van der Waals surface area contributed by atoms with E-state index in [1.54, 1.807) is 4.90 Å². The van der Waals surface area contributed by atoms with Crippen molar-refractivity contribution >= 4 is 17.4 Å². The fourth-order valence-corrected chi connectivity index (χ4v) is 6.03. The van der Waals surface area contributed by atoms with Gasteiger partial charge >= 0.3 is 0 Å². The molecule has 4 aliphatic heterocycles. The molecule has 5 rings (SSSR count). The van der Waals surface area contributed by atoms with Crippen LogP contribution >= 0.6 is 0 Å². The largest absolute Gasteiger partial charge is 0.370 e. The average molecular weight is 326 g/mol. The maximum absolute atomic E-state index is 13.7. The van der Waals surface area contributed by atoms with E-state index in [-0.39, 0.29) is 23.5 Å². The van der Waals surface area contributed by atoms with Crippen LogP contribution in [0.1, 0.15) is 55.8 Å². The number of fused-ring (bicyclic) bond motifs is 1. The Morgan fingerprint density at radius 1 is 1.17 bits per heavy atom. The summed E-state index contributed by atoms with van der Waals surface area (Å²) in [6.45, 7) is 2.73. The highest BCUT2D eigenvalue weighted by atomic mass is 16.3. The molecule has 3 fully saturated rings. The minimum atomic E-state index is -1.24. The first-order valence-electron chi connectivity index (χ1n) is 8.97. The number of hydrogen-bond donors (Lipinski definition) is 1. The third-order valence-corrected chi connectivity index (χ3v) is 7.03. The van der Waals surface area contributed by atoms with Crippen molar-refractivity contribution in [3.05, 3.63) is 29.8 Å². The summed E-state index contributed by atoms with van der Waals surface area (Å²) < 4.78 is 0. The molecule has 0 radical (unpaired) electrons. The van der Waals surface area contributed by atoms with Crippen LogP contribution in [0.4, 0.5) is 5.69 Å². The number of nitrogens with zero attached hydrogens (tertiary/aromatic N) is 2. The number of para-hydroxylation sites is 1. The minimum Gasteiger partial charge on any atom is -0.370 e. The van der Waals surface area contributed by atoms with Crippen molar-refractivity contribution in [2.75, 3.05) is 11.4 Å². The Kier molecular flexibility index (Phi) is 2.53. The number of anilines is 1. The van der Waals surface area contributed by atoms with Crippen molar-refractivity contribution in [3.63, 3.8) is 0 Å². The van der Waals surface area contributed by atoms with E-state index >= 15 is 0 Å². The summed E-state index contributed by atoms with van der Waals surface area (Å²) >= 11 is 0. The van der Waals surface area contributed by atoms with Gasteiger partial charge in [0.2, 0.25) is 11.7 Å². The van der Waals surface area contributed by atoms with Crippen molar-refractivity contribution in [2.45, 2.75) is 56.8 Å². The lowest BCUT2D eigenvalue weighted by Crippen LogP contribution is -2.84. The van der Waals surface area contributed by atoms with Gasteiger partial charge in [-0.2, -0.15) is 0 Å². The number of rotatable bonds is 1. The Morgan fingerprint density at radius 3 is 2.75 bits per heavy atom. The summed E-state index contributed by atoms with van der Waals surface area (Å²) in [7, 11) is 0.